The largest absolute Gasteiger partial charge is 0.455 e. The van der Waals surface area contributed by atoms with Crippen molar-refractivity contribution in [2.45, 2.75) is 0 Å². The first-order valence-electron chi connectivity index (χ1n) is 5.56. The normalized spacial score (nSPS) is 10.2. The van der Waals surface area contributed by atoms with Gasteiger partial charge in [-0.2, -0.15) is 0 Å². The average molecular weight is 354 g/mol. The minimum Gasteiger partial charge on any atom is -0.455 e. The maximum atomic E-state index is 5.93. The van der Waals surface area contributed by atoms with Crippen molar-refractivity contribution < 1.29 is 4.74 Å². The van der Waals surface area contributed by atoms with Crippen LogP contribution in [0.1, 0.15) is 0 Å². The van der Waals surface area contributed by atoms with Gasteiger partial charge in [-0.25, -0.2) is 0 Å². The molecule has 0 spiro atoms. The maximum Gasteiger partial charge on any atom is 0.150 e. The molecule has 0 fully saturated rings. The summed E-state index contributed by atoms with van der Waals surface area (Å²) in [6.07, 6.45) is 0. The third-order valence-corrected chi connectivity index (χ3v) is 3.20. The zero-order valence-electron chi connectivity index (χ0n) is 10.4. The van der Waals surface area contributed by atoms with E-state index in [0.29, 0.717) is 11.4 Å². The summed E-state index contributed by atoms with van der Waals surface area (Å²) < 4.78 is 6.90. The lowest BCUT2D eigenvalue weighted by Gasteiger charge is -2.14. The van der Waals surface area contributed by atoms with E-state index in [2.05, 4.69) is 22.6 Å². The Bertz CT molecular complexity index is 555. The van der Waals surface area contributed by atoms with Gasteiger partial charge in [0.15, 0.2) is 0 Å². The second-order valence-electron chi connectivity index (χ2n) is 4.18. The van der Waals surface area contributed by atoms with E-state index in [1.165, 1.54) is 0 Å². The van der Waals surface area contributed by atoms with Gasteiger partial charge < -0.3 is 15.4 Å². The smallest absolute Gasteiger partial charge is 0.150 e. The van der Waals surface area contributed by atoms with Gasteiger partial charge in [0.25, 0.3) is 0 Å². The van der Waals surface area contributed by atoms with Crippen LogP contribution in [0.2, 0.25) is 0 Å². The summed E-state index contributed by atoms with van der Waals surface area (Å²) in [5.74, 6) is 1.47. The van der Waals surface area contributed by atoms with Gasteiger partial charge in [-0.05, 0) is 52.9 Å². The van der Waals surface area contributed by atoms with E-state index in [0.717, 1.165) is 15.0 Å². The maximum absolute atomic E-state index is 5.93. The Morgan fingerprint density at radius 1 is 1.11 bits per heavy atom. The summed E-state index contributed by atoms with van der Waals surface area (Å²) >= 11 is 2.22. The first-order chi connectivity index (χ1) is 8.56. The fraction of sp³-hybridized carbons (Fsp3) is 0.143. The number of nitrogens with zero attached hydrogens (tertiary/aromatic N) is 1. The SMILES string of the molecule is CN(C)c1cccc(Oc2ccc(I)cc2N)c1. The van der Waals surface area contributed by atoms with Crippen molar-refractivity contribution in [3.05, 3.63) is 46.0 Å². The van der Waals surface area contributed by atoms with Crippen molar-refractivity contribution in [3.63, 3.8) is 0 Å². The van der Waals surface area contributed by atoms with Gasteiger partial charge >= 0.3 is 0 Å². The van der Waals surface area contributed by atoms with E-state index >= 15 is 0 Å². The number of hydrogen-bond acceptors (Lipinski definition) is 3. The molecule has 0 radical (unpaired) electrons. The number of halogens is 1. The lowest BCUT2D eigenvalue weighted by atomic mass is 10.2. The molecule has 0 atom stereocenters. The van der Waals surface area contributed by atoms with E-state index in [1.807, 2.05) is 61.5 Å². The first kappa shape index (κ1) is 13.0. The molecular formula is C14H15IN2O. The van der Waals surface area contributed by atoms with Gasteiger partial charge in [-0.15, -0.1) is 0 Å². The Morgan fingerprint density at radius 2 is 1.89 bits per heavy atom. The summed E-state index contributed by atoms with van der Waals surface area (Å²) in [5, 5.41) is 0. The monoisotopic (exact) mass is 354 g/mol. The van der Waals surface area contributed by atoms with Gasteiger partial charge in [0, 0.05) is 29.4 Å². The minimum absolute atomic E-state index is 0.650. The number of ether oxygens (including phenoxy) is 1. The molecule has 0 amide bonds. The van der Waals surface area contributed by atoms with Gasteiger partial charge in [-0.3, -0.25) is 0 Å². The van der Waals surface area contributed by atoms with E-state index in [1.54, 1.807) is 0 Å². The highest BCUT2D eigenvalue weighted by Gasteiger charge is 2.04. The third-order valence-electron chi connectivity index (χ3n) is 2.53. The fourth-order valence-electron chi connectivity index (χ4n) is 1.56. The highest BCUT2D eigenvalue weighted by atomic mass is 127. The Kier molecular flexibility index (Phi) is 3.96. The number of rotatable bonds is 3. The molecule has 2 aromatic rings. The lowest BCUT2D eigenvalue weighted by Crippen LogP contribution is -2.08. The van der Waals surface area contributed by atoms with Crippen LogP contribution in [-0.2, 0) is 0 Å². The van der Waals surface area contributed by atoms with Crippen molar-refractivity contribution in [1.82, 2.24) is 0 Å². The molecule has 3 nitrogen and oxygen atoms in total. The molecular weight excluding hydrogens is 339 g/mol. The van der Waals surface area contributed by atoms with Crippen molar-refractivity contribution in [1.29, 1.82) is 0 Å². The summed E-state index contributed by atoms with van der Waals surface area (Å²) in [6.45, 7) is 0. The van der Waals surface area contributed by atoms with Gasteiger partial charge in [-0.1, -0.05) is 6.07 Å². The van der Waals surface area contributed by atoms with Crippen molar-refractivity contribution in [2.24, 2.45) is 0 Å². The molecule has 0 aliphatic rings. The Labute approximate surface area is 121 Å². The number of nitrogen functional groups attached to an aromatic ring is 1. The molecule has 18 heavy (non-hydrogen) atoms. The molecule has 0 unspecified atom stereocenters. The van der Waals surface area contributed by atoms with Crippen LogP contribution in [-0.4, -0.2) is 14.1 Å². The van der Waals surface area contributed by atoms with Crippen LogP contribution in [0.4, 0.5) is 11.4 Å². The predicted octanol–water partition coefficient (Wildman–Crippen LogP) is 3.73. The molecule has 0 bridgehead atoms. The summed E-state index contributed by atoms with van der Waals surface area (Å²) in [4.78, 5) is 2.03. The molecule has 0 aliphatic heterocycles. The van der Waals surface area contributed by atoms with Crippen LogP contribution < -0.4 is 15.4 Å². The molecule has 2 rings (SSSR count). The quantitative estimate of drug-likeness (QED) is 0.674. The van der Waals surface area contributed by atoms with Crippen LogP contribution in [0.5, 0.6) is 11.5 Å². The van der Waals surface area contributed by atoms with Crippen LogP contribution in [0, 0.1) is 3.57 Å². The molecule has 0 heterocycles. The Balaban J connectivity index is 2.25. The second-order valence-corrected chi connectivity index (χ2v) is 5.42. The zero-order valence-corrected chi connectivity index (χ0v) is 12.5. The zero-order chi connectivity index (χ0) is 13.1. The van der Waals surface area contributed by atoms with Crippen molar-refractivity contribution in [2.75, 3.05) is 24.7 Å². The molecule has 0 saturated heterocycles. The Morgan fingerprint density at radius 3 is 2.56 bits per heavy atom. The van der Waals surface area contributed by atoms with Crippen LogP contribution in [0.25, 0.3) is 0 Å². The van der Waals surface area contributed by atoms with Crippen LogP contribution >= 0.6 is 22.6 Å². The van der Waals surface area contributed by atoms with Gasteiger partial charge in [0.2, 0.25) is 0 Å². The highest BCUT2D eigenvalue weighted by molar-refractivity contribution is 14.1. The van der Waals surface area contributed by atoms with Crippen LogP contribution in [0.15, 0.2) is 42.5 Å². The topological polar surface area (TPSA) is 38.5 Å². The molecule has 0 aromatic heterocycles. The standard InChI is InChI=1S/C14H15IN2O/c1-17(2)11-4-3-5-12(9-11)18-14-7-6-10(15)8-13(14)16/h3-9H,16H2,1-2H3. The highest BCUT2D eigenvalue weighted by Crippen LogP contribution is 2.30. The average Bonchev–Trinajstić information content (AvgIpc) is 2.33. The molecule has 94 valence electrons. The summed E-state index contributed by atoms with van der Waals surface area (Å²) in [5.41, 5.74) is 7.67. The lowest BCUT2D eigenvalue weighted by molar-refractivity contribution is 0.485. The second kappa shape index (κ2) is 5.48. The number of benzene rings is 2. The summed E-state index contributed by atoms with van der Waals surface area (Å²) in [6, 6.07) is 13.7. The molecule has 4 heteroatoms. The van der Waals surface area contributed by atoms with E-state index in [4.69, 9.17) is 10.5 Å². The van der Waals surface area contributed by atoms with Crippen molar-refractivity contribution in [3.8, 4) is 11.5 Å². The number of hydrogen-bond donors (Lipinski definition) is 1. The van der Waals surface area contributed by atoms with Gasteiger partial charge in [0.1, 0.15) is 11.5 Å². The number of anilines is 2. The first-order valence-corrected chi connectivity index (χ1v) is 6.64. The van der Waals surface area contributed by atoms with E-state index < -0.39 is 0 Å². The van der Waals surface area contributed by atoms with E-state index in [-0.39, 0.29) is 0 Å². The predicted molar refractivity (Wildman–Crippen MR) is 84.4 cm³/mol. The van der Waals surface area contributed by atoms with Gasteiger partial charge in [0.05, 0.1) is 5.69 Å². The molecule has 0 saturated carbocycles. The molecule has 0 aliphatic carbocycles. The fourth-order valence-corrected chi connectivity index (χ4v) is 2.08. The van der Waals surface area contributed by atoms with Crippen LogP contribution in [0.3, 0.4) is 0 Å². The minimum atomic E-state index is 0.650. The molecule has 2 N–H and O–H groups in total. The van der Waals surface area contributed by atoms with E-state index in [9.17, 15) is 0 Å². The van der Waals surface area contributed by atoms with Crippen molar-refractivity contribution >= 4 is 34.0 Å². The third kappa shape index (κ3) is 3.07. The Hall–Kier alpha value is -1.43. The summed E-state index contributed by atoms with van der Waals surface area (Å²) in [7, 11) is 4.00. The molecule has 2 aromatic carbocycles. The number of nitrogens with two attached hydrogens (primary N) is 1.